The molecular weight excluding hydrogens is 252 g/mol. The maximum Gasteiger partial charge on any atom is 0.339 e. The zero-order valence-corrected chi connectivity index (χ0v) is 12.1. The molecule has 1 atom stereocenters. The van der Waals surface area contributed by atoms with E-state index < -0.39 is 5.97 Å². The number of aromatic nitrogens is 1. The number of aromatic carboxylic acids is 1. The number of nitrogens with zero attached hydrogens (tertiary/aromatic N) is 2. The van der Waals surface area contributed by atoms with Gasteiger partial charge in [-0.15, -0.1) is 0 Å². The molecule has 0 bridgehead atoms. The van der Waals surface area contributed by atoms with Gasteiger partial charge in [0.05, 0.1) is 0 Å². The summed E-state index contributed by atoms with van der Waals surface area (Å²) in [5.74, 6) is 0.532. The predicted octanol–water partition coefficient (Wildman–Crippen LogP) is 2.89. The molecule has 1 aliphatic heterocycles. The van der Waals surface area contributed by atoms with Crippen LogP contribution in [-0.2, 0) is 12.8 Å². The molecule has 3 rings (SSSR count). The maximum atomic E-state index is 11.5. The average Bonchev–Trinajstić information content (AvgIpc) is 2.94. The lowest BCUT2D eigenvalue weighted by molar-refractivity contribution is 0.0697. The molecular formula is C16H22N2O2. The van der Waals surface area contributed by atoms with Gasteiger partial charge in [-0.2, -0.15) is 0 Å². The van der Waals surface area contributed by atoms with E-state index in [2.05, 4.69) is 11.8 Å². The number of pyridine rings is 1. The molecule has 1 aromatic rings. The third-order valence-electron chi connectivity index (χ3n) is 4.67. The Kier molecular flexibility index (Phi) is 3.64. The fourth-order valence-corrected chi connectivity index (χ4v) is 3.38. The Hall–Kier alpha value is -1.58. The molecule has 0 aromatic carbocycles. The van der Waals surface area contributed by atoms with Crippen molar-refractivity contribution in [2.45, 2.75) is 45.4 Å². The number of rotatable bonds is 3. The lowest BCUT2D eigenvalue weighted by atomic mass is 9.94. The second kappa shape index (κ2) is 5.43. The highest BCUT2D eigenvalue weighted by Gasteiger charge is 2.27. The van der Waals surface area contributed by atoms with Crippen LogP contribution < -0.4 is 4.90 Å². The largest absolute Gasteiger partial charge is 0.478 e. The Balaban J connectivity index is 1.98. The van der Waals surface area contributed by atoms with Crippen molar-refractivity contribution in [1.29, 1.82) is 0 Å². The monoisotopic (exact) mass is 274 g/mol. The van der Waals surface area contributed by atoms with Gasteiger partial charge in [-0.1, -0.05) is 13.3 Å². The zero-order chi connectivity index (χ0) is 14.1. The molecule has 4 heteroatoms. The van der Waals surface area contributed by atoms with Crippen LogP contribution in [0.1, 0.15) is 54.2 Å². The first-order chi connectivity index (χ1) is 9.69. The summed E-state index contributed by atoms with van der Waals surface area (Å²) in [7, 11) is 0. The normalized spacial score (nSPS) is 21.9. The van der Waals surface area contributed by atoms with Crippen LogP contribution >= 0.6 is 0 Å². The Morgan fingerprint density at radius 1 is 1.45 bits per heavy atom. The molecule has 4 nitrogen and oxygen atoms in total. The van der Waals surface area contributed by atoms with Gasteiger partial charge in [-0.25, -0.2) is 9.78 Å². The predicted molar refractivity (Wildman–Crippen MR) is 78.4 cm³/mol. The van der Waals surface area contributed by atoms with Gasteiger partial charge in [-0.05, 0) is 49.7 Å². The summed E-state index contributed by atoms with van der Waals surface area (Å²) in [6.45, 7) is 4.08. The van der Waals surface area contributed by atoms with Gasteiger partial charge >= 0.3 is 5.97 Å². The van der Waals surface area contributed by atoms with Gasteiger partial charge in [0, 0.05) is 18.8 Å². The van der Waals surface area contributed by atoms with Crippen LogP contribution in [0.4, 0.5) is 5.82 Å². The number of carboxylic acids is 1. The number of aryl methyl sites for hydroxylation is 2. The van der Waals surface area contributed by atoms with Crippen LogP contribution in [0.5, 0.6) is 0 Å². The van der Waals surface area contributed by atoms with E-state index >= 15 is 0 Å². The summed E-state index contributed by atoms with van der Waals surface area (Å²) in [6, 6.07) is 1.87. The minimum Gasteiger partial charge on any atom is -0.478 e. The van der Waals surface area contributed by atoms with Crippen LogP contribution in [0, 0.1) is 5.92 Å². The number of fused-ring (bicyclic) bond motifs is 1. The minimum atomic E-state index is -0.846. The Morgan fingerprint density at radius 2 is 2.25 bits per heavy atom. The van der Waals surface area contributed by atoms with Gasteiger partial charge in [0.15, 0.2) is 0 Å². The lowest BCUT2D eigenvalue weighted by Gasteiger charge is -2.23. The second-order valence-electron chi connectivity index (χ2n) is 5.99. The van der Waals surface area contributed by atoms with Crippen LogP contribution in [0.2, 0.25) is 0 Å². The Labute approximate surface area is 119 Å². The van der Waals surface area contributed by atoms with Crippen molar-refractivity contribution < 1.29 is 9.90 Å². The first-order valence-corrected chi connectivity index (χ1v) is 7.70. The average molecular weight is 274 g/mol. The highest BCUT2D eigenvalue weighted by atomic mass is 16.4. The quantitative estimate of drug-likeness (QED) is 0.920. The van der Waals surface area contributed by atoms with Crippen molar-refractivity contribution >= 4 is 11.8 Å². The number of hydrogen-bond acceptors (Lipinski definition) is 3. The van der Waals surface area contributed by atoms with E-state index in [4.69, 9.17) is 4.98 Å². The van der Waals surface area contributed by atoms with Gasteiger partial charge in [-0.3, -0.25) is 0 Å². The molecule has 20 heavy (non-hydrogen) atoms. The molecule has 0 spiro atoms. The number of carbonyl (C=O) groups is 1. The molecule has 0 saturated carbocycles. The molecule has 1 aliphatic carbocycles. The summed E-state index contributed by atoms with van der Waals surface area (Å²) in [6.07, 6.45) is 6.59. The molecule has 1 N–H and O–H groups in total. The molecule has 1 fully saturated rings. The topological polar surface area (TPSA) is 53.4 Å². The molecule has 2 aliphatic rings. The van der Waals surface area contributed by atoms with Crippen LogP contribution in [0.25, 0.3) is 0 Å². The highest BCUT2D eigenvalue weighted by Crippen LogP contribution is 2.30. The molecule has 108 valence electrons. The van der Waals surface area contributed by atoms with E-state index in [1.54, 1.807) is 0 Å². The smallest absolute Gasteiger partial charge is 0.339 e. The summed E-state index contributed by atoms with van der Waals surface area (Å²) in [5, 5.41) is 9.48. The maximum absolute atomic E-state index is 11.5. The molecule has 1 unspecified atom stereocenters. The van der Waals surface area contributed by atoms with Crippen LogP contribution in [-0.4, -0.2) is 29.1 Å². The highest BCUT2D eigenvalue weighted by molar-refractivity contribution is 5.93. The van der Waals surface area contributed by atoms with E-state index in [9.17, 15) is 9.90 Å². The van der Waals surface area contributed by atoms with E-state index in [1.165, 1.54) is 6.42 Å². The molecule has 2 heterocycles. The van der Waals surface area contributed by atoms with E-state index in [0.717, 1.165) is 56.5 Å². The van der Waals surface area contributed by atoms with Crippen LogP contribution in [0.3, 0.4) is 0 Å². The summed E-state index contributed by atoms with van der Waals surface area (Å²) in [5.41, 5.74) is 2.65. The molecule has 0 radical (unpaired) electrons. The van der Waals surface area contributed by atoms with Gasteiger partial charge in [0.2, 0.25) is 0 Å². The Bertz CT molecular complexity index is 527. The minimum absolute atomic E-state index is 0.391. The van der Waals surface area contributed by atoms with Gasteiger partial charge < -0.3 is 10.0 Å². The lowest BCUT2D eigenvalue weighted by Crippen LogP contribution is -2.25. The van der Waals surface area contributed by atoms with Crippen molar-refractivity contribution in [3.63, 3.8) is 0 Å². The number of carboxylic acid groups (broad SMARTS) is 1. The Morgan fingerprint density at radius 3 is 2.95 bits per heavy atom. The van der Waals surface area contributed by atoms with E-state index in [-0.39, 0.29) is 0 Å². The molecule has 0 amide bonds. The fraction of sp³-hybridized carbons (Fsp3) is 0.625. The van der Waals surface area contributed by atoms with Crippen LogP contribution in [0.15, 0.2) is 6.07 Å². The van der Waals surface area contributed by atoms with Crippen molar-refractivity contribution in [3.05, 3.63) is 22.9 Å². The zero-order valence-electron chi connectivity index (χ0n) is 12.1. The standard InChI is InChI=1S/C16H22N2O2/c1-2-11-7-8-18(10-11)15-13(16(19)20)9-12-5-3-4-6-14(12)17-15/h9,11H,2-8,10H2,1H3,(H,19,20). The number of anilines is 1. The summed E-state index contributed by atoms with van der Waals surface area (Å²) in [4.78, 5) is 18.5. The van der Waals surface area contributed by atoms with E-state index in [1.807, 2.05) is 6.07 Å². The van der Waals surface area contributed by atoms with Gasteiger partial charge in [0.25, 0.3) is 0 Å². The van der Waals surface area contributed by atoms with Crippen molar-refractivity contribution in [2.75, 3.05) is 18.0 Å². The van der Waals surface area contributed by atoms with Crippen molar-refractivity contribution in [3.8, 4) is 0 Å². The first-order valence-electron chi connectivity index (χ1n) is 7.70. The summed E-state index contributed by atoms with van der Waals surface area (Å²) >= 11 is 0. The molecule has 1 aromatic heterocycles. The summed E-state index contributed by atoms with van der Waals surface area (Å²) < 4.78 is 0. The van der Waals surface area contributed by atoms with E-state index in [0.29, 0.717) is 17.3 Å². The number of hydrogen-bond donors (Lipinski definition) is 1. The van der Waals surface area contributed by atoms with Crippen molar-refractivity contribution in [1.82, 2.24) is 4.98 Å². The second-order valence-corrected chi connectivity index (χ2v) is 5.99. The fourth-order valence-electron chi connectivity index (χ4n) is 3.38. The van der Waals surface area contributed by atoms with Gasteiger partial charge in [0.1, 0.15) is 11.4 Å². The first kappa shape index (κ1) is 13.4. The third-order valence-corrected chi connectivity index (χ3v) is 4.67. The molecule has 1 saturated heterocycles. The third kappa shape index (κ3) is 2.39. The SMILES string of the molecule is CCC1CCN(c2nc3c(cc2C(=O)O)CCCC3)C1. The van der Waals surface area contributed by atoms with Crippen molar-refractivity contribution in [2.24, 2.45) is 5.92 Å².